The molecule has 3 aromatic rings. The molecular formula is C12H9N3O2S. The molecule has 0 amide bonds. The molecule has 0 fully saturated rings. The van der Waals surface area contributed by atoms with Gasteiger partial charge < -0.3 is 15.1 Å². The van der Waals surface area contributed by atoms with Crippen LogP contribution in [0.4, 0.5) is 5.13 Å². The van der Waals surface area contributed by atoms with Crippen molar-refractivity contribution in [3.8, 4) is 21.9 Å². The van der Waals surface area contributed by atoms with Crippen molar-refractivity contribution in [1.82, 2.24) is 9.97 Å². The van der Waals surface area contributed by atoms with Crippen molar-refractivity contribution in [2.45, 2.75) is 0 Å². The second kappa shape index (κ2) is 4.15. The minimum absolute atomic E-state index is 0.143. The summed E-state index contributed by atoms with van der Waals surface area (Å²) in [6.07, 6.45) is 3.23. The van der Waals surface area contributed by atoms with Crippen molar-refractivity contribution in [1.29, 1.82) is 0 Å². The molecule has 0 bridgehead atoms. The summed E-state index contributed by atoms with van der Waals surface area (Å²) >= 11 is 1.36. The summed E-state index contributed by atoms with van der Waals surface area (Å²) in [5.41, 5.74) is 7.15. The number of aromatic nitrogens is 2. The predicted molar refractivity (Wildman–Crippen MR) is 70.3 cm³/mol. The van der Waals surface area contributed by atoms with E-state index in [1.54, 1.807) is 24.6 Å². The number of furan rings is 1. The molecule has 0 saturated heterocycles. The zero-order chi connectivity index (χ0) is 12.5. The van der Waals surface area contributed by atoms with Gasteiger partial charge in [0.1, 0.15) is 5.69 Å². The summed E-state index contributed by atoms with van der Waals surface area (Å²) in [6.45, 7) is 0. The number of nitrogens with zero attached hydrogens (tertiary/aromatic N) is 1. The van der Waals surface area contributed by atoms with Crippen LogP contribution in [0, 0.1) is 0 Å². The van der Waals surface area contributed by atoms with Gasteiger partial charge in [0.25, 0.3) is 0 Å². The predicted octanol–water partition coefficient (Wildman–Crippen LogP) is 2.34. The highest BCUT2D eigenvalue weighted by atomic mass is 32.1. The van der Waals surface area contributed by atoms with Crippen LogP contribution in [-0.2, 0) is 0 Å². The van der Waals surface area contributed by atoms with Crippen LogP contribution in [0.15, 0.2) is 45.9 Å². The van der Waals surface area contributed by atoms with Crippen LogP contribution < -0.4 is 11.3 Å². The molecule has 0 spiro atoms. The van der Waals surface area contributed by atoms with Crippen molar-refractivity contribution in [3.05, 3.63) is 47.1 Å². The molecule has 0 aromatic carbocycles. The van der Waals surface area contributed by atoms with E-state index in [2.05, 4.69) is 9.97 Å². The van der Waals surface area contributed by atoms with E-state index >= 15 is 0 Å². The standard InChI is InChI=1S/C12H9N3O2S/c13-12-15-10(8-2-1-5-17-8)11(18-12)7-3-4-9(16)14-6-7/h1-6H,(H2,13,15)(H,14,16). The Labute approximate surface area is 106 Å². The molecule has 3 heterocycles. The third kappa shape index (κ3) is 1.82. The van der Waals surface area contributed by atoms with Gasteiger partial charge in [-0.25, -0.2) is 4.98 Å². The zero-order valence-corrected chi connectivity index (χ0v) is 10.0. The summed E-state index contributed by atoms with van der Waals surface area (Å²) in [4.78, 5) is 18.8. The molecular weight excluding hydrogens is 250 g/mol. The molecule has 5 nitrogen and oxygen atoms in total. The highest BCUT2D eigenvalue weighted by molar-refractivity contribution is 7.19. The van der Waals surface area contributed by atoms with E-state index in [1.165, 1.54) is 17.4 Å². The van der Waals surface area contributed by atoms with Crippen LogP contribution in [0.3, 0.4) is 0 Å². The third-order valence-electron chi connectivity index (χ3n) is 2.44. The molecule has 3 N–H and O–H groups in total. The van der Waals surface area contributed by atoms with Gasteiger partial charge in [-0.15, -0.1) is 0 Å². The minimum atomic E-state index is -0.143. The van der Waals surface area contributed by atoms with Crippen LogP contribution in [0.5, 0.6) is 0 Å². The first-order valence-electron chi connectivity index (χ1n) is 5.23. The van der Waals surface area contributed by atoms with Gasteiger partial charge in [0.05, 0.1) is 11.1 Å². The van der Waals surface area contributed by atoms with Gasteiger partial charge in [0, 0.05) is 17.8 Å². The normalized spacial score (nSPS) is 10.7. The lowest BCUT2D eigenvalue weighted by molar-refractivity contribution is 0.581. The van der Waals surface area contributed by atoms with E-state index < -0.39 is 0 Å². The van der Waals surface area contributed by atoms with E-state index in [0.29, 0.717) is 16.6 Å². The molecule has 0 aliphatic rings. The van der Waals surface area contributed by atoms with E-state index in [1.807, 2.05) is 6.07 Å². The topological polar surface area (TPSA) is 84.9 Å². The van der Waals surface area contributed by atoms with Gasteiger partial charge in [-0.1, -0.05) is 11.3 Å². The lowest BCUT2D eigenvalue weighted by Gasteiger charge is -1.98. The molecule has 6 heteroatoms. The SMILES string of the molecule is Nc1nc(-c2ccco2)c(-c2ccc(=O)[nH]c2)s1. The van der Waals surface area contributed by atoms with Gasteiger partial charge in [0.2, 0.25) is 5.56 Å². The highest BCUT2D eigenvalue weighted by Crippen LogP contribution is 2.37. The summed E-state index contributed by atoms with van der Waals surface area (Å²) in [6, 6.07) is 6.82. The molecule has 0 unspecified atom stereocenters. The number of aromatic amines is 1. The first kappa shape index (κ1) is 10.8. The Kier molecular flexibility index (Phi) is 2.49. The number of thiazole rings is 1. The monoisotopic (exact) mass is 259 g/mol. The summed E-state index contributed by atoms with van der Waals surface area (Å²) in [7, 11) is 0. The molecule has 18 heavy (non-hydrogen) atoms. The number of anilines is 1. The van der Waals surface area contributed by atoms with Crippen molar-refractivity contribution >= 4 is 16.5 Å². The molecule has 0 radical (unpaired) electrons. The number of nitrogens with one attached hydrogen (secondary N) is 1. The van der Waals surface area contributed by atoms with Crippen LogP contribution in [0.25, 0.3) is 21.9 Å². The average molecular weight is 259 g/mol. The van der Waals surface area contributed by atoms with E-state index in [0.717, 1.165) is 10.4 Å². The largest absolute Gasteiger partial charge is 0.463 e. The molecule has 0 saturated carbocycles. The number of nitrogen functional groups attached to an aromatic ring is 1. The molecule has 90 valence electrons. The maximum Gasteiger partial charge on any atom is 0.247 e. The van der Waals surface area contributed by atoms with Gasteiger partial charge in [-0.2, -0.15) is 0 Å². The maximum atomic E-state index is 11.1. The Morgan fingerprint density at radius 2 is 2.22 bits per heavy atom. The van der Waals surface area contributed by atoms with Crippen LogP contribution >= 0.6 is 11.3 Å². The maximum absolute atomic E-state index is 11.1. The molecule has 0 aliphatic heterocycles. The molecule has 3 aromatic heterocycles. The Hall–Kier alpha value is -2.34. The molecule has 3 rings (SSSR count). The Morgan fingerprint density at radius 1 is 1.33 bits per heavy atom. The summed E-state index contributed by atoms with van der Waals surface area (Å²) in [5.74, 6) is 0.657. The van der Waals surface area contributed by atoms with Crippen molar-refractivity contribution in [2.24, 2.45) is 0 Å². The fourth-order valence-corrected chi connectivity index (χ4v) is 2.50. The summed E-state index contributed by atoms with van der Waals surface area (Å²) in [5, 5.41) is 0.461. The van der Waals surface area contributed by atoms with Crippen LogP contribution in [-0.4, -0.2) is 9.97 Å². The quantitative estimate of drug-likeness (QED) is 0.739. The number of hydrogen-bond acceptors (Lipinski definition) is 5. The molecule has 0 aliphatic carbocycles. The minimum Gasteiger partial charge on any atom is -0.463 e. The van der Waals surface area contributed by atoms with Gasteiger partial charge in [-0.05, 0) is 18.2 Å². The first-order valence-corrected chi connectivity index (χ1v) is 6.05. The fourth-order valence-electron chi connectivity index (χ4n) is 1.66. The van der Waals surface area contributed by atoms with Crippen molar-refractivity contribution < 1.29 is 4.42 Å². The number of H-pyrrole nitrogens is 1. The smallest absolute Gasteiger partial charge is 0.247 e. The van der Waals surface area contributed by atoms with E-state index in [9.17, 15) is 4.79 Å². The Balaban J connectivity index is 2.18. The Morgan fingerprint density at radius 3 is 2.89 bits per heavy atom. The Bertz CT molecular complexity index is 708. The number of hydrogen-bond donors (Lipinski definition) is 2. The summed E-state index contributed by atoms with van der Waals surface area (Å²) < 4.78 is 5.34. The molecule has 0 atom stereocenters. The number of rotatable bonds is 2. The lowest BCUT2D eigenvalue weighted by atomic mass is 10.2. The zero-order valence-electron chi connectivity index (χ0n) is 9.21. The first-order chi connectivity index (χ1) is 8.74. The second-order valence-electron chi connectivity index (χ2n) is 3.65. The van der Waals surface area contributed by atoms with Gasteiger partial charge >= 0.3 is 0 Å². The second-order valence-corrected chi connectivity index (χ2v) is 4.68. The lowest BCUT2D eigenvalue weighted by Crippen LogP contribution is -2.01. The average Bonchev–Trinajstić information content (AvgIpc) is 2.98. The van der Waals surface area contributed by atoms with E-state index in [-0.39, 0.29) is 5.56 Å². The van der Waals surface area contributed by atoms with Crippen LogP contribution in [0.2, 0.25) is 0 Å². The third-order valence-corrected chi connectivity index (χ3v) is 3.38. The van der Waals surface area contributed by atoms with Crippen molar-refractivity contribution in [3.63, 3.8) is 0 Å². The van der Waals surface area contributed by atoms with Crippen LogP contribution in [0.1, 0.15) is 0 Å². The van der Waals surface area contributed by atoms with Gasteiger partial charge in [0.15, 0.2) is 10.9 Å². The van der Waals surface area contributed by atoms with E-state index in [4.69, 9.17) is 10.2 Å². The highest BCUT2D eigenvalue weighted by Gasteiger charge is 2.15. The number of pyridine rings is 1. The van der Waals surface area contributed by atoms with Gasteiger partial charge in [-0.3, -0.25) is 4.79 Å². The fraction of sp³-hybridized carbons (Fsp3) is 0. The van der Waals surface area contributed by atoms with Crippen molar-refractivity contribution in [2.75, 3.05) is 5.73 Å². The number of nitrogens with two attached hydrogens (primary N) is 1.